The fraction of sp³-hybridized carbons (Fsp3) is 0.778. The summed E-state index contributed by atoms with van der Waals surface area (Å²) < 4.78 is 0. The molecular weight excluding hydrogens is 356 g/mol. The first-order valence-electron chi connectivity index (χ1n) is 12.4. The summed E-state index contributed by atoms with van der Waals surface area (Å²) in [6.45, 7) is 6.22. The fourth-order valence-corrected chi connectivity index (χ4v) is 3.92. The summed E-state index contributed by atoms with van der Waals surface area (Å²) in [5, 5.41) is 0. The van der Waals surface area contributed by atoms with Gasteiger partial charge >= 0.3 is 0 Å². The van der Waals surface area contributed by atoms with Crippen molar-refractivity contribution < 1.29 is 9.59 Å². The predicted octanol–water partition coefficient (Wildman–Crippen LogP) is 8.46. The molecule has 29 heavy (non-hydrogen) atoms. The van der Waals surface area contributed by atoms with Crippen LogP contribution < -0.4 is 0 Å². The second-order valence-corrected chi connectivity index (χ2v) is 8.51. The standard InChI is InChI=1S/C27H47O2/c1-4-6-7-8-9-10-11-12-13-14-15-16-17-18-19-22-25(3)26(23-20-24-28)27(29)21-5-2/h5,21,23,25H,4,6-20,22H2,1-3H3. The molecule has 0 aromatic heterocycles. The Morgan fingerprint density at radius 2 is 1.24 bits per heavy atom. The molecule has 2 heteroatoms. The molecule has 0 aromatic rings. The summed E-state index contributed by atoms with van der Waals surface area (Å²) in [6, 6.07) is 0. The van der Waals surface area contributed by atoms with Crippen LogP contribution in [0.5, 0.6) is 0 Å². The Bertz CT molecular complexity index is 447. The molecule has 0 rings (SSSR count). The van der Waals surface area contributed by atoms with Crippen LogP contribution in [0.15, 0.2) is 23.8 Å². The minimum Gasteiger partial charge on any atom is -0.291 e. The summed E-state index contributed by atoms with van der Waals surface area (Å²) in [4.78, 5) is 22.7. The van der Waals surface area contributed by atoms with Crippen molar-refractivity contribution in [2.75, 3.05) is 0 Å². The van der Waals surface area contributed by atoms with E-state index < -0.39 is 0 Å². The molecule has 0 saturated heterocycles. The Morgan fingerprint density at radius 1 is 0.793 bits per heavy atom. The van der Waals surface area contributed by atoms with Gasteiger partial charge in [-0.15, -0.1) is 0 Å². The Hall–Kier alpha value is -1.18. The lowest BCUT2D eigenvalue weighted by Crippen LogP contribution is -2.09. The van der Waals surface area contributed by atoms with E-state index in [-0.39, 0.29) is 18.1 Å². The second-order valence-electron chi connectivity index (χ2n) is 8.51. The molecule has 1 unspecified atom stereocenters. The van der Waals surface area contributed by atoms with Crippen LogP contribution in [0.1, 0.15) is 130 Å². The van der Waals surface area contributed by atoms with Gasteiger partial charge in [-0.1, -0.05) is 122 Å². The van der Waals surface area contributed by atoms with Crippen molar-refractivity contribution >= 4 is 12.1 Å². The van der Waals surface area contributed by atoms with Gasteiger partial charge in [0.2, 0.25) is 6.29 Å². The highest BCUT2D eigenvalue weighted by molar-refractivity contribution is 6.04. The molecule has 1 radical (unpaired) electrons. The van der Waals surface area contributed by atoms with Crippen molar-refractivity contribution in [1.29, 1.82) is 0 Å². The van der Waals surface area contributed by atoms with E-state index in [9.17, 15) is 9.59 Å². The topological polar surface area (TPSA) is 34.1 Å². The minimum atomic E-state index is 0.0382. The van der Waals surface area contributed by atoms with Gasteiger partial charge in [-0.05, 0) is 30.9 Å². The lowest BCUT2D eigenvalue weighted by atomic mass is 9.90. The maximum absolute atomic E-state index is 12.2. The van der Waals surface area contributed by atoms with Crippen molar-refractivity contribution in [2.24, 2.45) is 5.92 Å². The fourth-order valence-electron chi connectivity index (χ4n) is 3.92. The highest BCUT2D eigenvalue weighted by Crippen LogP contribution is 2.21. The SMILES string of the molecule is CC=CC(=O)C(=CC[C]=O)C(C)CCCCCCCCCCCCCCCCC. The van der Waals surface area contributed by atoms with Crippen molar-refractivity contribution in [2.45, 2.75) is 130 Å². The van der Waals surface area contributed by atoms with Gasteiger partial charge in [0, 0.05) is 6.42 Å². The smallest absolute Gasteiger partial charge is 0.202 e. The zero-order valence-electron chi connectivity index (χ0n) is 19.6. The molecule has 0 aliphatic rings. The van der Waals surface area contributed by atoms with E-state index >= 15 is 0 Å². The van der Waals surface area contributed by atoms with Crippen LogP contribution in [0.25, 0.3) is 0 Å². The van der Waals surface area contributed by atoms with E-state index in [4.69, 9.17) is 0 Å². The van der Waals surface area contributed by atoms with Crippen LogP contribution in [-0.4, -0.2) is 12.1 Å². The average Bonchev–Trinajstić information content (AvgIpc) is 2.71. The minimum absolute atomic E-state index is 0.0382. The van der Waals surface area contributed by atoms with Crippen LogP contribution in [-0.2, 0) is 9.59 Å². The number of ketones is 1. The van der Waals surface area contributed by atoms with Crippen molar-refractivity contribution in [3.63, 3.8) is 0 Å². The largest absolute Gasteiger partial charge is 0.291 e. The third kappa shape index (κ3) is 17.4. The average molecular weight is 404 g/mol. The van der Waals surface area contributed by atoms with Gasteiger partial charge in [-0.25, -0.2) is 0 Å². The summed E-state index contributed by atoms with van der Waals surface area (Å²) in [5.41, 5.74) is 0.775. The van der Waals surface area contributed by atoms with E-state index in [1.54, 1.807) is 18.2 Å². The summed E-state index contributed by atoms with van der Waals surface area (Å²) >= 11 is 0. The van der Waals surface area contributed by atoms with Crippen molar-refractivity contribution in [3.8, 4) is 0 Å². The van der Waals surface area contributed by atoms with E-state index in [2.05, 4.69) is 13.8 Å². The van der Waals surface area contributed by atoms with Crippen LogP contribution in [0.2, 0.25) is 0 Å². The first-order chi connectivity index (χ1) is 14.2. The molecule has 0 aliphatic heterocycles. The van der Waals surface area contributed by atoms with Crippen molar-refractivity contribution in [1.82, 2.24) is 0 Å². The van der Waals surface area contributed by atoms with Crippen molar-refractivity contribution in [3.05, 3.63) is 23.8 Å². The summed E-state index contributed by atoms with van der Waals surface area (Å²) in [5.74, 6) is 0.255. The molecule has 0 N–H and O–H groups in total. The quantitative estimate of drug-likeness (QED) is 0.142. The maximum atomic E-state index is 12.2. The van der Waals surface area contributed by atoms with Gasteiger partial charge in [0.05, 0.1) is 0 Å². The zero-order valence-corrected chi connectivity index (χ0v) is 19.6. The third-order valence-electron chi connectivity index (χ3n) is 5.78. The molecule has 0 amide bonds. The van der Waals surface area contributed by atoms with E-state index in [1.807, 2.05) is 13.2 Å². The van der Waals surface area contributed by atoms with Gasteiger partial charge in [0.25, 0.3) is 0 Å². The molecule has 0 fully saturated rings. The molecule has 2 nitrogen and oxygen atoms in total. The maximum Gasteiger partial charge on any atom is 0.202 e. The highest BCUT2D eigenvalue weighted by atomic mass is 16.1. The summed E-state index contributed by atoms with van der Waals surface area (Å²) in [6.07, 6.45) is 28.7. The number of carbonyl (C=O) groups is 1. The van der Waals surface area contributed by atoms with Crippen LogP contribution in [0.4, 0.5) is 0 Å². The molecule has 0 bridgehead atoms. The van der Waals surface area contributed by atoms with Gasteiger partial charge in [-0.3, -0.25) is 9.59 Å². The Kier molecular flexibility index (Phi) is 20.7. The molecule has 0 spiro atoms. The van der Waals surface area contributed by atoms with Gasteiger partial charge in [0.1, 0.15) is 0 Å². The first kappa shape index (κ1) is 27.8. The first-order valence-corrected chi connectivity index (χ1v) is 12.4. The molecule has 0 aliphatic carbocycles. The van der Waals surface area contributed by atoms with Gasteiger partial charge in [0.15, 0.2) is 5.78 Å². The normalized spacial score (nSPS) is 13.1. The number of allylic oxidation sites excluding steroid dienone is 4. The lowest BCUT2D eigenvalue weighted by molar-refractivity contribution is -0.111. The van der Waals surface area contributed by atoms with Gasteiger partial charge in [-0.2, -0.15) is 0 Å². The Balaban J connectivity index is 3.63. The molecular formula is C27H47O2. The highest BCUT2D eigenvalue weighted by Gasteiger charge is 2.14. The molecule has 0 heterocycles. The van der Waals surface area contributed by atoms with E-state index in [1.165, 1.54) is 89.9 Å². The second kappa shape index (κ2) is 21.5. The lowest BCUT2D eigenvalue weighted by Gasteiger charge is -2.13. The molecule has 0 saturated carbocycles. The van der Waals surface area contributed by atoms with Crippen LogP contribution in [0.3, 0.4) is 0 Å². The monoisotopic (exact) mass is 403 g/mol. The molecule has 1 atom stereocenters. The number of unbranched alkanes of at least 4 members (excludes halogenated alkanes) is 14. The number of rotatable bonds is 21. The van der Waals surface area contributed by atoms with E-state index in [0.717, 1.165) is 18.4 Å². The van der Waals surface area contributed by atoms with Crippen LogP contribution in [0, 0.1) is 5.92 Å². The van der Waals surface area contributed by atoms with Crippen LogP contribution >= 0.6 is 0 Å². The zero-order chi connectivity index (χ0) is 21.6. The Morgan fingerprint density at radius 3 is 1.66 bits per heavy atom. The van der Waals surface area contributed by atoms with E-state index in [0.29, 0.717) is 0 Å². The third-order valence-corrected chi connectivity index (χ3v) is 5.78. The Labute approximate surface area is 181 Å². The molecule has 0 aromatic carbocycles. The molecule has 167 valence electrons. The summed E-state index contributed by atoms with van der Waals surface area (Å²) in [7, 11) is 0. The number of carbonyl (C=O) groups excluding carboxylic acids is 2. The number of hydrogen-bond acceptors (Lipinski definition) is 2. The van der Waals surface area contributed by atoms with Gasteiger partial charge < -0.3 is 0 Å². The predicted molar refractivity (Wildman–Crippen MR) is 127 cm³/mol. The number of hydrogen-bond donors (Lipinski definition) is 0.